The van der Waals surface area contributed by atoms with Gasteiger partial charge in [0, 0.05) is 42.0 Å². The third-order valence-electron chi connectivity index (χ3n) is 13.2. The fraction of sp³-hybridized carbons (Fsp3) is 0.0769. The van der Waals surface area contributed by atoms with Crippen molar-refractivity contribution in [2.24, 2.45) is 0 Å². The monoisotopic (exact) mass is 703 g/mol. The molecule has 0 saturated heterocycles. The normalized spacial score (nSPS) is 16.9. The van der Waals surface area contributed by atoms with Crippen LogP contribution in [0.25, 0.3) is 81.0 Å². The first-order chi connectivity index (χ1) is 26.5. The molecule has 1 atom stereocenters. The van der Waals surface area contributed by atoms with E-state index in [-0.39, 0.29) is 5.41 Å². The van der Waals surface area contributed by atoms with E-state index < -0.39 is 5.41 Å². The Labute approximate surface area is 317 Å². The maximum Gasteiger partial charge on any atom is 0.0726 e. The molecule has 2 heterocycles. The van der Waals surface area contributed by atoms with E-state index >= 15 is 0 Å². The summed E-state index contributed by atoms with van der Waals surface area (Å²) in [6.45, 7) is 4.77. The summed E-state index contributed by atoms with van der Waals surface area (Å²) in [5.41, 5.74) is 19.6. The second-order valence-corrected chi connectivity index (χ2v) is 17.1. The third-order valence-corrected chi connectivity index (χ3v) is 14.3. The zero-order valence-electron chi connectivity index (χ0n) is 29.9. The Bertz CT molecular complexity index is 3320. The lowest BCUT2D eigenvalue weighted by Crippen LogP contribution is -2.26. The molecule has 0 N–H and O–H groups in total. The molecule has 1 spiro atoms. The number of fused-ring (bicyclic) bond motifs is 20. The van der Waals surface area contributed by atoms with Gasteiger partial charge in [-0.2, -0.15) is 0 Å². The Morgan fingerprint density at radius 2 is 1.06 bits per heavy atom. The van der Waals surface area contributed by atoms with Crippen molar-refractivity contribution in [2.75, 3.05) is 0 Å². The molecule has 13 rings (SSSR count). The number of para-hydroxylation sites is 1. The minimum Gasteiger partial charge on any atom is -0.309 e. The van der Waals surface area contributed by atoms with Crippen LogP contribution >= 0.6 is 11.3 Å². The predicted molar refractivity (Wildman–Crippen MR) is 228 cm³/mol. The SMILES string of the molecule is CC1(C)c2ccccc2-c2cc3c4ccccc4n(-c4ccc5c(c4)C4(c6ccccc6-5)c5ccccc5-c5c4ccc4sc6ccccc6c54)c3cc21. The fourth-order valence-electron chi connectivity index (χ4n) is 11.0. The molecule has 10 aromatic rings. The summed E-state index contributed by atoms with van der Waals surface area (Å²) in [7, 11) is 0. The molecule has 0 aliphatic heterocycles. The zero-order valence-corrected chi connectivity index (χ0v) is 30.8. The molecule has 3 aliphatic carbocycles. The third kappa shape index (κ3) is 3.30. The maximum atomic E-state index is 2.54. The lowest BCUT2D eigenvalue weighted by Gasteiger charge is -2.31. The van der Waals surface area contributed by atoms with E-state index in [0.717, 1.165) is 0 Å². The first-order valence-corrected chi connectivity index (χ1v) is 19.8. The molecule has 1 nitrogen and oxygen atoms in total. The lowest BCUT2D eigenvalue weighted by atomic mass is 9.70. The largest absolute Gasteiger partial charge is 0.309 e. The highest BCUT2D eigenvalue weighted by Crippen LogP contribution is 2.65. The quantitative estimate of drug-likeness (QED) is 0.160. The van der Waals surface area contributed by atoms with E-state index in [1.165, 1.54) is 114 Å². The highest BCUT2D eigenvalue weighted by molar-refractivity contribution is 7.26. The smallest absolute Gasteiger partial charge is 0.0726 e. The highest BCUT2D eigenvalue weighted by atomic mass is 32.1. The van der Waals surface area contributed by atoms with Gasteiger partial charge < -0.3 is 4.57 Å². The van der Waals surface area contributed by atoms with E-state index in [1.54, 1.807) is 0 Å². The van der Waals surface area contributed by atoms with Crippen LogP contribution in [-0.2, 0) is 10.8 Å². The minimum absolute atomic E-state index is 0.0839. The van der Waals surface area contributed by atoms with E-state index in [4.69, 9.17) is 0 Å². The number of benzene rings is 8. The van der Waals surface area contributed by atoms with Crippen molar-refractivity contribution in [1.29, 1.82) is 0 Å². The number of thiophene rings is 1. The molecule has 2 heteroatoms. The Morgan fingerprint density at radius 1 is 0.407 bits per heavy atom. The van der Waals surface area contributed by atoms with Gasteiger partial charge in [0.05, 0.1) is 16.4 Å². The molecule has 0 radical (unpaired) electrons. The van der Waals surface area contributed by atoms with Crippen LogP contribution in [0.2, 0.25) is 0 Å². The topological polar surface area (TPSA) is 4.93 Å². The molecular formula is C52H33NS. The summed E-state index contributed by atoms with van der Waals surface area (Å²) in [4.78, 5) is 0. The van der Waals surface area contributed by atoms with Crippen molar-refractivity contribution in [3.05, 3.63) is 197 Å². The fourth-order valence-corrected chi connectivity index (χ4v) is 12.1. The molecule has 0 saturated carbocycles. The molecule has 8 aromatic carbocycles. The van der Waals surface area contributed by atoms with E-state index in [9.17, 15) is 0 Å². The predicted octanol–water partition coefficient (Wildman–Crippen LogP) is 13.8. The van der Waals surface area contributed by atoms with Gasteiger partial charge in [-0.3, -0.25) is 0 Å². The lowest BCUT2D eigenvalue weighted by molar-refractivity contribution is 0.661. The number of hydrogen-bond acceptors (Lipinski definition) is 1. The van der Waals surface area contributed by atoms with Crippen LogP contribution in [0.3, 0.4) is 0 Å². The van der Waals surface area contributed by atoms with Crippen LogP contribution in [-0.4, -0.2) is 4.57 Å². The second kappa shape index (κ2) is 9.85. The van der Waals surface area contributed by atoms with Crippen molar-refractivity contribution in [1.82, 2.24) is 4.57 Å². The van der Waals surface area contributed by atoms with Crippen LogP contribution in [0.5, 0.6) is 0 Å². The summed E-state index contributed by atoms with van der Waals surface area (Å²) in [6, 6.07) is 62.5. The van der Waals surface area contributed by atoms with Gasteiger partial charge in [0.15, 0.2) is 0 Å². The molecule has 1 unspecified atom stereocenters. The standard InChI is InChI=1S/C52H33NS/c1-51(2)39-18-8-3-14-32(39)37-28-38-34-15-6-11-21-45(34)53(46(38)29-43(37)51)30-23-24-33-31-13-4-9-19-40(31)52(44(33)27-30)41-20-10-5-16-35(41)49-42(52)25-26-48-50(49)36-17-7-12-22-47(36)54-48/h3-29H,1-2H3. The molecule has 252 valence electrons. The average molecular weight is 704 g/mol. The van der Waals surface area contributed by atoms with Gasteiger partial charge in [0.25, 0.3) is 0 Å². The molecule has 2 aromatic heterocycles. The van der Waals surface area contributed by atoms with Gasteiger partial charge in [0.1, 0.15) is 0 Å². The first-order valence-electron chi connectivity index (χ1n) is 19.0. The van der Waals surface area contributed by atoms with E-state index in [1.807, 2.05) is 11.3 Å². The minimum atomic E-state index is -0.436. The summed E-state index contributed by atoms with van der Waals surface area (Å²) in [5.74, 6) is 0. The summed E-state index contributed by atoms with van der Waals surface area (Å²) >= 11 is 1.91. The van der Waals surface area contributed by atoms with E-state index in [2.05, 4.69) is 182 Å². The van der Waals surface area contributed by atoms with Crippen LogP contribution in [0.4, 0.5) is 0 Å². The number of rotatable bonds is 1. The molecule has 3 aliphatic rings. The first kappa shape index (κ1) is 29.3. The van der Waals surface area contributed by atoms with Gasteiger partial charge in [-0.1, -0.05) is 135 Å². The van der Waals surface area contributed by atoms with Gasteiger partial charge in [-0.15, -0.1) is 11.3 Å². The molecule has 0 amide bonds. The number of hydrogen-bond donors (Lipinski definition) is 0. The number of aromatic nitrogens is 1. The van der Waals surface area contributed by atoms with Gasteiger partial charge in [0.2, 0.25) is 0 Å². The average Bonchev–Trinajstić information content (AvgIpc) is 3.97. The molecule has 0 fully saturated rings. The zero-order chi connectivity index (χ0) is 35.5. The summed E-state index contributed by atoms with van der Waals surface area (Å²) in [6.07, 6.45) is 0. The van der Waals surface area contributed by atoms with Crippen molar-refractivity contribution in [3.63, 3.8) is 0 Å². The van der Waals surface area contributed by atoms with E-state index in [0.29, 0.717) is 0 Å². The van der Waals surface area contributed by atoms with Crippen LogP contribution < -0.4 is 0 Å². The van der Waals surface area contributed by atoms with Crippen molar-refractivity contribution < 1.29 is 0 Å². The van der Waals surface area contributed by atoms with Crippen LogP contribution in [0, 0.1) is 0 Å². The van der Waals surface area contributed by atoms with Crippen LogP contribution in [0.15, 0.2) is 164 Å². The summed E-state index contributed by atoms with van der Waals surface area (Å²) < 4.78 is 5.24. The number of nitrogens with zero attached hydrogens (tertiary/aromatic N) is 1. The molecular weight excluding hydrogens is 671 g/mol. The maximum absolute atomic E-state index is 2.54. The van der Waals surface area contributed by atoms with Gasteiger partial charge in [-0.25, -0.2) is 0 Å². The molecule has 54 heavy (non-hydrogen) atoms. The Morgan fingerprint density at radius 3 is 1.89 bits per heavy atom. The van der Waals surface area contributed by atoms with Crippen LogP contribution in [0.1, 0.15) is 47.2 Å². The summed E-state index contributed by atoms with van der Waals surface area (Å²) in [5, 5.41) is 5.33. The van der Waals surface area contributed by atoms with Gasteiger partial charge >= 0.3 is 0 Å². The Hall–Kier alpha value is -6.22. The van der Waals surface area contributed by atoms with Crippen molar-refractivity contribution >= 4 is 53.3 Å². The van der Waals surface area contributed by atoms with Crippen molar-refractivity contribution in [2.45, 2.75) is 24.7 Å². The Balaban J connectivity index is 1.14. The second-order valence-electron chi connectivity index (χ2n) is 16.0. The Kier molecular flexibility index (Phi) is 5.34. The van der Waals surface area contributed by atoms with Crippen molar-refractivity contribution in [3.8, 4) is 39.1 Å². The highest BCUT2D eigenvalue weighted by Gasteiger charge is 2.52. The van der Waals surface area contributed by atoms with Gasteiger partial charge in [-0.05, 0) is 109 Å². The molecule has 0 bridgehead atoms.